The molecule has 0 saturated heterocycles. The zero-order valence-corrected chi connectivity index (χ0v) is 30.7. The lowest BCUT2D eigenvalue weighted by Gasteiger charge is -2.26. The number of para-hydroxylation sites is 1. The number of aromatic nitrogens is 1. The van der Waals surface area contributed by atoms with Gasteiger partial charge in [0.15, 0.2) is 0 Å². The Morgan fingerprint density at radius 1 is 0.364 bits per heavy atom. The summed E-state index contributed by atoms with van der Waals surface area (Å²) >= 11 is 1.86. The van der Waals surface area contributed by atoms with Crippen LogP contribution in [-0.2, 0) is 0 Å². The molecule has 0 bridgehead atoms. The standard InChI is InChI=1S/C52H34N2S/c1-2-11-35(12-3-1)36-21-27-41(28-22-36)53(49-19-10-17-46-45-16-7-9-20-51(45)55-52(46)49)42-29-23-37(24-30-42)38-25-31-43(32-26-38)54-48-18-8-6-15-44(48)47-33-39-13-4-5-14-40(39)34-50(47)54/h1-34H. The number of anilines is 3. The molecule has 11 rings (SSSR count). The zero-order valence-electron chi connectivity index (χ0n) is 29.9. The molecule has 0 fully saturated rings. The van der Waals surface area contributed by atoms with E-state index in [0.29, 0.717) is 0 Å². The van der Waals surface area contributed by atoms with Gasteiger partial charge in [0.25, 0.3) is 0 Å². The monoisotopic (exact) mass is 718 g/mol. The summed E-state index contributed by atoms with van der Waals surface area (Å²) in [7, 11) is 0. The molecule has 0 N–H and O–H groups in total. The Bertz CT molecular complexity index is 3170. The molecule has 0 amide bonds. The lowest BCUT2D eigenvalue weighted by Crippen LogP contribution is -2.10. The van der Waals surface area contributed by atoms with Crippen LogP contribution >= 0.6 is 11.3 Å². The molecule has 0 aliphatic rings. The van der Waals surface area contributed by atoms with E-state index in [1.54, 1.807) is 0 Å². The van der Waals surface area contributed by atoms with Crippen LogP contribution in [0.1, 0.15) is 0 Å². The van der Waals surface area contributed by atoms with Crippen molar-refractivity contribution in [3.63, 3.8) is 0 Å². The van der Waals surface area contributed by atoms with Gasteiger partial charge >= 0.3 is 0 Å². The van der Waals surface area contributed by atoms with Crippen molar-refractivity contribution in [2.75, 3.05) is 4.90 Å². The van der Waals surface area contributed by atoms with Gasteiger partial charge in [-0.05, 0) is 99.8 Å². The van der Waals surface area contributed by atoms with E-state index >= 15 is 0 Å². The molecule has 0 saturated carbocycles. The Labute approximate surface area is 323 Å². The molecule has 11 aromatic rings. The summed E-state index contributed by atoms with van der Waals surface area (Å²) in [5, 5.41) is 7.66. The molecule has 2 aromatic heterocycles. The molecule has 3 heteroatoms. The van der Waals surface area contributed by atoms with Crippen LogP contribution in [-0.4, -0.2) is 4.57 Å². The minimum atomic E-state index is 1.12. The normalized spacial score (nSPS) is 11.6. The number of benzene rings is 9. The first-order valence-electron chi connectivity index (χ1n) is 18.8. The molecule has 2 heterocycles. The van der Waals surface area contributed by atoms with E-state index in [2.05, 4.69) is 216 Å². The molecular weight excluding hydrogens is 685 g/mol. The number of nitrogens with zero attached hydrogens (tertiary/aromatic N) is 2. The maximum atomic E-state index is 2.41. The Hall–Kier alpha value is -6.94. The third-order valence-electron chi connectivity index (χ3n) is 11.0. The van der Waals surface area contributed by atoms with Gasteiger partial charge in [-0.1, -0.05) is 140 Å². The summed E-state index contributed by atoms with van der Waals surface area (Å²) in [5.41, 5.74) is 11.8. The second-order valence-corrected chi connectivity index (χ2v) is 15.2. The summed E-state index contributed by atoms with van der Waals surface area (Å²) in [4.78, 5) is 2.41. The van der Waals surface area contributed by atoms with Gasteiger partial charge in [0.1, 0.15) is 0 Å². The predicted molar refractivity (Wildman–Crippen MR) is 237 cm³/mol. The van der Waals surface area contributed by atoms with Crippen LogP contribution < -0.4 is 4.90 Å². The first-order chi connectivity index (χ1) is 27.3. The molecule has 0 aliphatic heterocycles. The van der Waals surface area contributed by atoms with Gasteiger partial charge < -0.3 is 9.47 Å². The van der Waals surface area contributed by atoms with E-state index in [-0.39, 0.29) is 0 Å². The van der Waals surface area contributed by atoms with Crippen molar-refractivity contribution in [2.24, 2.45) is 0 Å². The van der Waals surface area contributed by atoms with Crippen molar-refractivity contribution in [2.45, 2.75) is 0 Å². The quantitative estimate of drug-likeness (QED) is 0.166. The van der Waals surface area contributed by atoms with Crippen LogP contribution in [0.15, 0.2) is 206 Å². The topological polar surface area (TPSA) is 8.17 Å². The van der Waals surface area contributed by atoms with Crippen LogP contribution in [0.2, 0.25) is 0 Å². The van der Waals surface area contributed by atoms with Gasteiger partial charge in [0, 0.05) is 43.3 Å². The van der Waals surface area contributed by atoms with Crippen molar-refractivity contribution in [1.82, 2.24) is 4.57 Å². The second-order valence-electron chi connectivity index (χ2n) is 14.2. The van der Waals surface area contributed by atoms with Crippen molar-refractivity contribution < 1.29 is 0 Å². The third kappa shape index (κ3) is 5.32. The van der Waals surface area contributed by atoms with Crippen molar-refractivity contribution in [3.05, 3.63) is 206 Å². The van der Waals surface area contributed by atoms with Gasteiger partial charge in [-0.3, -0.25) is 0 Å². The molecule has 0 atom stereocenters. The van der Waals surface area contributed by atoms with E-state index < -0.39 is 0 Å². The first-order valence-corrected chi connectivity index (χ1v) is 19.6. The van der Waals surface area contributed by atoms with Gasteiger partial charge in [-0.2, -0.15) is 0 Å². The van der Waals surface area contributed by atoms with E-state index in [4.69, 9.17) is 0 Å². The van der Waals surface area contributed by atoms with Gasteiger partial charge in [0.2, 0.25) is 0 Å². The number of thiophene rings is 1. The highest BCUT2D eigenvalue weighted by atomic mass is 32.1. The molecule has 0 spiro atoms. The van der Waals surface area contributed by atoms with E-state index in [1.807, 2.05) is 11.3 Å². The fourth-order valence-corrected chi connectivity index (χ4v) is 9.51. The summed E-state index contributed by atoms with van der Waals surface area (Å²) < 4.78 is 4.99. The Balaban J connectivity index is 0.987. The minimum Gasteiger partial charge on any atom is -0.309 e. The number of rotatable bonds is 6. The molecule has 2 nitrogen and oxygen atoms in total. The summed E-state index contributed by atoms with van der Waals surface area (Å²) in [6.45, 7) is 0. The average Bonchev–Trinajstić information content (AvgIpc) is 3.80. The van der Waals surface area contributed by atoms with Crippen molar-refractivity contribution in [1.29, 1.82) is 0 Å². The summed E-state index contributed by atoms with van der Waals surface area (Å²) in [5.74, 6) is 0. The molecule has 9 aromatic carbocycles. The van der Waals surface area contributed by atoms with E-state index in [0.717, 1.165) is 17.1 Å². The number of hydrogen-bond donors (Lipinski definition) is 0. The lowest BCUT2D eigenvalue weighted by molar-refractivity contribution is 1.18. The van der Waals surface area contributed by atoms with Gasteiger partial charge in [-0.15, -0.1) is 11.3 Å². The zero-order chi connectivity index (χ0) is 36.3. The SMILES string of the molecule is c1ccc(-c2ccc(N(c3ccc(-c4ccc(-n5c6ccccc6c6cc7ccccc7cc65)cc4)cc3)c3cccc4c3sc3ccccc34)cc2)cc1. The number of hydrogen-bond acceptors (Lipinski definition) is 2. The highest BCUT2D eigenvalue weighted by Gasteiger charge is 2.19. The van der Waals surface area contributed by atoms with Crippen LogP contribution in [0.5, 0.6) is 0 Å². The maximum Gasteiger partial charge on any atom is 0.0640 e. The van der Waals surface area contributed by atoms with Crippen LogP contribution in [0.4, 0.5) is 17.1 Å². The van der Waals surface area contributed by atoms with Gasteiger partial charge in [-0.25, -0.2) is 0 Å². The predicted octanol–water partition coefficient (Wildman–Crippen LogP) is 15.1. The molecule has 0 radical (unpaired) electrons. The summed E-state index contributed by atoms with van der Waals surface area (Å²) in [6, 6.07) is 75.1. The Kier molecular flexibility index (Phi) is 7.39. The molecule has 55 heavy (non-hydrogen) atoms. The number of fused-ring (bicyclic) bond motifs is 7. The highest BCUT2D eigenvalue weighted by Crippen LogP contribution is 2.45. The van der Waals surface area contributed by atoms with Crippen LogP contribution in [0.3, 0.4) is 0 Å². The molecule has 0 aliphatic carbocycles. The largest absolute Gasteiger partial charge is 0.309 e. The van der Waals surface area contributed by atoms with Gasteiger partial charge in [0.05, 0.1) is 21.4 Å². The summed E-state index contributed by atoms with van der Waals surface area (Å²) in [6.07, 6.45) is 0. The van der Waals surface area contributed by atoms with E-state index in [9.17, 15) is 0 Å². The first kappa shape index (κ1) is 31.6. The average molecular weight is 719 g/mol. The molecule has 0 unspecified atom stereocenters. The van der Waals surface area contributed by atoms with E-state index in [1.165, 1.54) is 80.7 Å². The highest BCUT2D eigenvalue weighted by molar-refractivity contribution is 7.26. The minimum absolute atomic E-state index is 1.12. The van der Waals surface area contributed by atoms with Crippen molar-refractivity contribution in [3.8, 4) is 27.9 Å². The Morgan fingerprint density at radius 3 is 1.62 bits per heavy atom. The fourth-order valence-electron chi connectivity index (χ4n) is 8.31. The van der Waals surface area contributed by atoms with Crippen LogP contribution in [0, 0.1) is 0 Å². The molecule has 258 valence electrons. The maximum absolute atomic E-state index is 2.41. The molecular formula is C52H34N2S. The van der Waals surface area contributed by atoms with Crippen LogP contribution in [0.25, 0.3) is 80.7 Å². The second kappa shape index (κ2) is 12.9. The lowest BCUT2D eigenvalue weighted by atomic mass is 10.0. The van der Waals surface area contributed by atoms with Crippen molar-refractivity contribution >= 4 is 81.1 Å². The Morgan fingerprint density at radius 2 is 0.909 bits per heavy atom. The smallest absolute Gasteiger partial charge is 0.0640 e. The fraction of sp³-hybridized carbons (Fsp3) is 0. The third-order valence-corrected chi connectivity index (χ3v) is 12.2.